The van der Waals surface area contributed by atoms with Crippen molar-refractivity contribution in [3.8, 4) is 5.75 Å². The molecule has 1 amide bonds. The fourth-order valence-corrected chi connectivity index (χ4v) is 2.12. The van der Waals surface area contributed by atoms with E-state index in [-0.39, 0.29) is 11.7 Å². The van der Waals surface area contributed by atoms with Gasteiger partial charge < -0.3 is 10.8 Å². The number of aromatic nitrogens is 2. The zero-order valence-electron chi connectivity index (χ0n) is 10.3. The van der Waals surface area contributed by atoms with Gasteiger partial charge in [0.25, 0.3) is 0 Å². The minimum absolute atomic E-state index is 0.186. The second-order valence-corrected chi connectivity index (χ2v) is 5.27. The van der Waals surface area contributed by atoms with Gasteiger partial charge in [-0.1, -0.05) is 23.5 Å². The number of hydrogen-bond donors (Lipinski definition) is 3. The molecule has 100 valence electrons. The fourth-order valence-electron chi connectivity index (χ4n) is 1.52. The Kier molecular flexibility index (Phi) is 4.08. The normalized spacial score (nSPS) is 12.1. The van der Waals surface area contributed by atoms with Gasteiger partial charge in [0.1, 0.15) is 10.8 Å². The molecule has 0 unspecified atom stereocenters. The van der Waals surface area contributed by atoms with E-state index in [0.29, 0.717) is 11.6 Å². The van der Waals surface area contributed by atoms with Crippen LogP contribution in [0.2, 0.25) is 0 Å². The number of rotatable bonds is 4. The van der Waals surface area contributed by atoms with Crippen molar-refractivity contribution in [2.75, 3.05) is 5.32 Å². The summed E-state index contributed by atoms with van der Waals surface area (Å²) in [5, 5.41) is 20.6. The zero-order valence-corrected chi connectivity index (χ0v) is 11.1. The van der Waals surface area contributed by atoms with E-state index in [4.69, 9.17) is 5.73 Å². The molecule has 0 spiro atoms. The first-order valence-electron chi connectivity index (χ1n) is 5.69. The molecule has 0 bridgehead atoms. The highest BCUT2D eigenvalue weighted by Crippen LogP contribution is 2.15. The summed E-state index contributed by atoms with van der Waals surface area (Å²) in [6.07, 6.45) is 0.393. The van der Waals surface area contributed by atoms with Crippen LogP contribution in [0.25, 0.3) is 0 Å². The van der Waals surface area contributed by atoms with Gasteiger partial charge in [-0.2, -0.15) is 0 Å². The van der Waals surface area contributed by atoms with Gasteiger partial charge in [-0.15, -0.1) is 10.2 Å². The van der Waals surface area contributed by atoms with Crippen LogP contribution in [0.3, 0.4) is 0 Å². The molecule has 0 radical (unpaired) electrons. The molecule has 1 heterocycles. The van der Waals surface area contributed by atoms with Crippen LogP contribution >= 0.6 is 11.3 Å². The number of phenols is 1. The van der Waals surface area contributed by atoms with Crippen molar-refractivity contribution in [3.05, 3.63) is 34.8 Å². The Bertz CT molecular complexity index is 567. The summed E-state index contributed by atoms with van der Waals surface area (Å²) in [5.41, 5.74) is 6.71. The number of aromatic hydroxyl groups is 1. The van der Waals surface area contributed by atoms with Crippen LogP contribution in [0.1, 0.15) is 10.6 Å². The lowest BCUT2D eigenvalue weighted by Gasteiger charge is -2.10. The van der Waals surface area contributed by atoms with Gasteiger partial charge in [0, 0.05) is 0 Å². The first kappa shape index (κ1) is 13.4. The highest BCUT2D eigenvalue weighted by atomic mass is 32.1. The van der Waals surface area contributed by atoms with Crippen LogP contribution in [-0.4, -0.2) is 27.3 Å². The fraction of sp³-hybridized carbons (Fsp3) is 0.250. The zero-order chi connectivity index (χ0) is 13.8. The Morgan fingerprint density at radius 3 is 2.68 bits per heavy atom. The van der Waals surface area contributed by atoms with E-state index in [1.54, 1.807) is 24.3 Å². The van der Waals surface area contributed by atoms with Crippen LogP contribution in [0.5, 0.6) is 5.75 Å². The summed E-state index contributed by atoms with van der Waals surface area (Å²) in [7, 11) is 0. The van der Waals surface area contributed by atoms with Crippen LogP contribution in [0, 0.1) is 6.92 Å². The minimum Gasteiger partial charge on any atom is -0.508 e. The molecular weight excluding hydrogens is 264 g/mol. The van der Waals surface area contributed by atoms with E-state index in [9.17, 15) is 9.90 Å². The lowest BCUT2D eigenvalue weighted by atomic mass is 10.1. The van der Waals surface area contributed by atoms with E-state index >= 15 is 0 Å². The maximum absolute atomic E-state index is 11.8. The number of nitrogens with two attached hydrogens (primary N) is 1. The second-order valence-electron chi connectivity index (χ2n) is 4.09. The molecule has 7 heteroatoms. The highest BCUT2D eigenvalue weighted by Gasteiger charge is 2.15. The molecule has 0 fully saturated rings. The molecule has 19 heavy (non-hydrogen) atoms. The summed E-state index contributed by atoms with van der Waals surface area (Å²) < 4.78 is 0. The van der Waals surface area contributed by atoms with E-state index in [1.807, 2.05) is 6.92 Å². The van der Waals surface area contributed by atoms with Crippen LogP contribution in [0.15, 0.2) is 24.3 Å². The number of hydrogen-bond acceptors (Lipinski definition) is 6. The molecule has 0 aliphatic carbocycles. The number of aryl methyl sites for hydroxylation is 1. The highest BCUT2D eigenvalue weighted by molar-refractivity contribution is 7.15. The minimum atomic E-state index is -0.672. The Labute approximate surface area is 114 Å². The summed E-state index contributed by atoms with van der Waals surface area (Å²) in [4.78, 5) is 11.8. The summed E-state index contributed by atoms with van der Waals surface area (Å²) in [6.45, 7) is 1.81. The molecule has 1 aromatic carbocycles. The third kappa shape index (κ3) is 3.73. The van der Waals surface area contributed by atoms with Crippen LogP contribution in [-0.2, 0) is 11.2 Å². The number of nitrogens with zero attached hydrogens (tertiary/aromatic N) is 2. The molecule has 2 aromatic rings. The lowest BCUT2D eigenvalue weighted by molar-refractivity contribution is -0.117. The van der Waals surface area contributed by atoms with Gasteiger partial charge >= 0.3 is 0 Å². The third-order valence-electron chi connectivity index (χ3n) is 2.48. The Morgan fingerprint density at radius 2 is 2.11 bits per heavy atom. The summed E-state index contributed by atoms with van der Waals surface area (Å²) in [5.74, 6) is -0.115. The van der Waals surface area contributed by atoms with Gasteiger partial charge in [-0.05, 0) is 31.0 Å². The number of anilines is 1. The second kappa shape index (κ2) is 5.77. The number of nitrogens with one attached hydrogen (secondary N) is 1. The smallest absolute Gasteiger partial charge is 0.243 e. The molecule has 0 aliphatic rings. The van der Waals surface area contributed by atoms with Crippen molar-refractivity contribution in [3.63, 3.8) is 0 Å². The van der Waals surface area contributed by atoms with Gasteiger partial charge in [0.2, 0.25) is 11.0 Å². The quantitative estimate of drug-likeness (QED) is 0.776. The van der Waals surface area contributed by atoms with Crippen molar-refractivity contribution in [1.82, 2.24) is 10.2 Å². The number of amides is 1. The molecule has 6 nitrogen and oxygen atoms in total. The van der Waals surface area contributed by atoms with Crippen molar-refractivity contribution in [2.24, 2.45) is 5.73 Å². The number of benzene rings is 1. The third-order valence-corrected chi connectivity index (χ3v) is 3.24. The van der Waals surface area contributed by atoms with E-state index in [1.165, 1.54) is 11.3 Å². The van der Waals surface area contributed by atoms with Gasteiger partial charge in [-0.25, -0.2) is 0 Å². The Balaban J connectivity index is 1.94. The van der Waals surface area contributed by atoms with Crippen LogP contribution < -0.4 is 11.1 Å². The molecule has 1 aromatic heterocycles. The number of carbonyl (C=O) groups excluding carboxylic acids is 1. The predicted molar refractivity (Wildman–Crippen MR) is 73.1 cm³/mol. The monoisotopic (exact) mass is 278 g/mol. The Morgan fingerprint density at radius 1 is 1.42 bits per heavy atom. The summed E-state index contributed by atoms with van der Waals surface area (Å²) in [6, 6.07) is 5.92. The Hall–Kier alpha value is -1.99. The first-order valence-corrected chi connectivity index (χ1v) is 6.50. The average molecular weight is 278 g/mol. The van der Waals surface area contributed by atoms with Crippen molar-refractivity contribution < 1.29 is 9.90 Å². The van der Waals surface area contributed by atoms with Crippen LogP contribution in [0.4, 0.5) is 5.13 Å². The number of carbonyl (C=O) groups is 1. The molecular formula is C12H14N4O2S. The number of phenolic OH excluding ortho intramolecular Hbond substituents is 1. The van der Waals surface area contributed by atoms with Crippen molar-refractivity contribution >= 4 is 22.4 Å². The maximum Gasteiger partial charge on any atom is 0.243 e. The molecule has 0 saturated carbocycles. The van der Waals surface area contributed by atoms with E-state index in [0.717, 1.165) is 10.6 Å². The first-order chi connectivity index (χ1) is 9.04. The van der Waals surface area contributed by atoms with Gasteiger partial charge in [0.05, 0.1) is 6.04 Å². The van der Waals surface area contributed by atoms with Crippen molar-refractivity contribution in [1.29, 1.82) is 0 Å². The largest absolute Gasteiger partial charge is 0.508 e. The standard InChI is InChI=1S/C12H14N4O2S/c1-7-15-16-12(19-7)14-11(18)10(13)6-8-2-4-9(17)5-3-8/h2-5,10,17H,6,13H2,1H3,(H,14,16,18)/t10-/m1/s1. The topological polar surface area (TPSA) is 101 Å². The summed E-state index contributed by atoms with van der Waals surface area (Å²) >= 11 is 1.30. The molecule has 0 saturated heterocycles. The predicted octanol–water partition coefficient (Wildman–Crippen LogP) is 1.06. The molecule has 1 atom stereocenters. The van der Waals surface area contributed by atoms with Gasteiger partial charge in [0.15, 0.2) is 0 Å². The molecule has 2 rings (SSSR count). The van der Waals surface area contributed by atoms with E-state index < -0.39 is 6.04 Å². The average Bonchev–Trinajstić information content (AvgIpc) is 2.77. The van der Waals surface area contributed by atoms with E-state index in [2.05, 4.69) is 15.5 Å². The van der Waals surface area contributed by atoms with Crippen molar-refractivity contribution in [2.45, 2.75) is 19.4 Å². The SMILES string of the molecule is Cc1nnc(NC(=O)[C@H](N)Cc2ccc(O)cc2)s1. The molecule has 0 aliphatic heterocycles. The lowest BCUT2D eigenvalue weighted by Crippen LogP contribution is -2.37. The maximum atomic E-state index is 11.8. The van der Waals surface area contributed by atoms with Gasteiger partial charge in [-0.3, -0.25) is 10.1 Å². The molecule has 4 N–H and O–H groups in total.